The maximum Gasteiger partial charge on any atom is 0.152 e. The summed E-state index contributed by atoms with van der Waals surface area (Å²) in [6.07, 6.45) is 2.26. The normalized spacial score (nSPS) is 11.0. The van der Waals surface area contributed by atoms with Crippen molar-refractivity contribution in [2.45, 2.75) is 20.0 Å². The zero-order valence-corrected chi connectivity index (χ0v) is 17.5. The van der Waals surface area contributed by atoms with Crippen LogP contribution in [0, 0.1) is 18.6 Å². The molecule has 4 nitrogen and oxygen atoms in total. The first-order chi connectivity index (χ1) is 13.7. The maximum atomic E-state index is 12.5. The van der Waals surface area contributed by atoms with E-state index < -0.39 is 11.6 Å². The molecular formula is C22H26F2N2O2S. The van der Waals surface area contributed by atoms with E-state index in [9.17, 15) is 18.7 Å². The second kappa shape index (κ2) is 12.0. The summed E-state index contributed by atoms with van der Waals surface area (Å²) in [5.74, 6) is -0.287. The van der Waals surface area contributed by atoms with Crippen molar-refractivity contribution in [2.24, 2.45) is 0 Å². The molecule has 0 spiro atoms. The zero-order chi connectivity index (χ0) is 22.0. The van der Waals surface area contributed by atoms with Crippen molar-refractivity contribution >= 4 is 30.7 Å². The molecule has 0 fully saturated rings. The molecule has 2 aromatic rings. The van der Waals surface area contributed by atoms with E-state index in [2.05, 4.69) is 25.1 Å². The molecule has 0 aliphatic carbocycles. The van der Waals surface area contributed by atoms with Crippen molar-refractivity contribution in [1.29, 1.82) is 0 Å². The van der Waals surface area contributed by atoms with Crippen LogP contribution in [0.2, 0.25) is 0 Å². The molecule has 1 heterocycles. The number of hydrogen-bond acceptors (Lipinski definition) is 4. The lowest BCUT2D eigenvalue weighted by molar-refractivity contribution is 0.112. The largest absolute Gasteiger partial charge is 0.509 e. The van der Waals surface area contributed by atoms with Gasteiger partial charge in [0, 0.05) is 46.7 Å². The van der Waals surface area contributed by atoms with Gasteiger partial charge in [-0.15, -0.1) is 11.8 Å². The molecule has 156 valence electrons. The first kappa shape index (κ1) is 24.4. The number of aliphatic hydroxyl groups excluding tert-OH is 1. The van der Waals surface area contributed by atoms with Crippen LogP contribution in [-0.4, -0.2) is 28.8 Å². The Morgan fingerprint density at radius 1 is 1.31 bits per heavy atom. The van der Waals surface area contributed by atoms with Gasteiger partial charge in [-0.25, -0.2) is 8.78 Å². The number of thioether (sulfide) groups is 1. The highest BCUT2D eigenvalue weighted by atomic mass is 32.2. The molecule has 0 saturated carbocycles. The van der Waals surface area contributed by atoms with Gasteiger partial charge in [0.25, 0.3) is 0 Å². The monoisotopic (exact) mass is 420 g/mol. The van der Waals surface area contributed by atoms with Gasteiger partial charge in [-0.1, -0.05) is 19.7 Å². The Morgan fingerprint density at radius 3 is 2.41 bits per heavy atom. The molecular weight excluding hydrogens is 394 g/mol. The van der Waals surface area contributed by atoms with Crippen molar-refractivity contribution in [2.75, 3.05) is 12.8 Å². The lowest BCUT2D eigenvalue weighted by Gasteiger charge is -2.05. The molecule has 0 unspecified atom stereocenters. The van der Waals surface area contributed by atoms with Crippen molar-refractivity contribution in [3.8, 4) is 0 Å². The Labute approximate surface area is 173 Å². The minimum absolute atomic E-state index is 0.0828. The van der Waals surface area contributed by atoms with Gasteiger partial charge in [-0.3, -0.25) is 4.79 Å². The number of hydrogen-bond donors (Lipinski definition) is 2. The lowest BCUT2D eigenvalue weighted by Crippen LogP contribution is -2.29. The zero-order valence-electron chi connectivity index (χ0n) is 16.7. The van der Waals surface area contributed by atoms with E-state index in [1.165, 1.54) is 18.2 Å². The topological polar surface area (TPSA) is 54.3 Å². The minimum atomic E-state index is -0.532. The summed E-state index contributed by atoms with van der Waals surface area (Å²) in [6, 6.07) is 3.47. The number of nitrogens with zero attached hydrogens (tertiary/aromatic N) is 1. The van der Waals surface area contributed by atoms with Crippen LogP contribution >= 0.6 is 11.8 Å². The van der Waals surface area contributed by atoms with Crippen LogP contribution in [0.25, 0.3) is 12.7 Å². The van der Waals surface area contributed by atoms with E-state index >= 15 is 0 Å². The molecule has 0 saturated heterocycles. The van der Waals surface area contributed by atoms with Gasteiger partial charge in [0.2, 0.25) is 0 Å². The number of carbonyl (C=O) groups excluding carboxylic acids is 1. The number of rotatable bonds is 8. The number of carbonyl (C=O) groups is 1. The number of aliphatic hydroxyl groups is 1. The van der Waals surface area contributed by atoms with Crippen LogP contribution in [-0.2, 0) is 13.1 Å². The number of aldehydes is 1. The SMILES string of the molecule is C=CSCCn1c(C)c(C=O)/c(=C/C(=C)O)c1=C.CNCc1cc(F)cc(F)c1. The van der Waals surface area contributed by atoms with Crippen LogP contribution < -0.4 is 15.9 Å². The molecule has 2 rings (SSSR count). The van der Waals surface area contributed by atoms with Crippen LogP contribution in [0.4, 0.5) is 8.78 Å². The third-order valence-corrected chi connectivity index (χ3v) is 4.66. The third kappa shape index (κ3) is 7.36. The van der Waals surface area contributed by atoms with Crippen molar-refractivity contribution < 1.29 is 18.7 Å². The average molecular weight is 421 g/mol. The number of allylic oxidation sites excluding steroid dienone is 1. The standard InChI is InChI=1S/C14H17NO2S.C8H9F2N/c1-5-18-7-6-15-11(3)13(8-10(2)17)14(9-16)12(15)4;1-11-5-6-2-7(9)4-8(10)3-6/h5,8-9,17H,1-3,6-7H2,4H3;2-4,11H,5H2,1H3/b13-8+;. The summed E-state index contributed by atoms with van der Waals surface area (Å²) in [4.78, 5) is 11.1. The Balaban J connectivity index is 0.000000326. The fourth-order valence-corrected chi connectivity index (χ4v) is 3.22. The summed E-state index contributed by atoms with van der Waals surface area (Å²) in [5.41, 5.74) is 2.02. The molecule has 0 aliphatic rings. The molecule has 1 aromatic carbocycles. The summed E-state index contributed by atoms with van der Waals surface area (Å²) >= 11 is 1.61. The Morgan fingerprint density at radius 2 is 1.93 bits per heavy atom. The van der Waals surface area contributed by atoms with Crippen molar-refractivity contribution in [1.82, 2.24) is 9.88 Å². The van der Waals surface area contributed by atoms with Gasteiger partial charge in [-0.05, 0) is 43.2 Å². The first-order valence-electron chi connectivity index (χ1n) is 8.80. The van der Waals surface area contributed by atoms with Crippen molar-refractivity contribution in [3.05, 3.63) is 81.5 Å². The second-order valence-corrected chi connectivity index (χ2v) is 7.19. The van der Waals surface area contributed by atoms with E-state index in [0.29, 0.717) is 22.9 Å². The van der Waals surface area contributed by atoms with Gasteiger partial charge >= 0.3 is 0 Å². The van der Waals surface area contributed by atoms with Gasteiger partial charge < -0.3 is 15.0 Å². The summed E-state index contributed by atoms with van der Waals surface area (Å²) < 4.78 is 26.9. The number of aromatic nitrogens is 1. The second-order valence-electron chi connectivity index (χ2n) is 6.11. The van der Waals surface area contributed by atoms with Crippen LogP contribution in [0.5, 0.6) is 0 Å². The molecule has 7 heteroatoms. The summed E-state index contributed by atoms with van der Waals surface area (Å²) in [6.45, 7) is 14.1. The molecule has 29 heavy (non-hydrogen) atoms. The van der Waals surface area contributed by atoms with E-state index in [1.807, 2.05) is 11.5 Å². The van der Waals surface area contributed by atoms with E-state index in [-0.39, 0.29) is 5.76 Å². The van der Waals surface area contributed by atoms with E-state index in [4.69, 9.17) is 0 Å². The molecule has 0 amide bonds. The highest BCUT2D eigenvalue weighted by Crippen LogP contribution is 2.07. The highest BCUT2D eigenvalue weighted by Gasteiger charge is 2.09. The predicted molar refractivity (Wildman–Crippen MR) is 117 cm³/mol. The van der Waals surface area contributed by atoms with Gasteiger partial charge in [-0.2, -0.15) is 0 Å². The van der Waals surface area contributed by atoms with E-state index in [1.54, 1.807) is 24.2 Å². The molecule has 1 aromatic heterocycles. The van der Waals surface area contributed by atoms with E-state index in [0.717, 1.165) is 35.7 Å². The van der Waals surface area contributed by atoms with Crippen molar-refractivity contribution in [3.63, 3.8) is 0 Å². The van der Waals surface area contributed by atoms with Gasteiger partial charge in [0.1, 0.15) is 17.4 Å². The van der Waals surface area contributed by atoms with Crippen LogP contribution in [0.3, 0.4) is 0 Å². The molecule has 0 bridgehead atoms. The molecule has 0 aliphatic heterocycles. The smallest absolute Gasteiger partial charge is 0.152 e. The molecule has 2 N–H and O–H groups in total. The minimum Gasteiger partial charge on any atom is -0.509 e. The number of halogens is 2. The summed E-state index contributed by atoms with van der Waals surface area (Å²) in [7, 11) is 1.73. The third-order valence-electron chi connectivity index (χ3n) is 4.00. The lowest BCUT2D eigenvalue weighted by atomic mass is 10.2. The molecule has 0 radical (unpaired) electrons. The fraction of sp³-hybridized carbons (Fsp3) is 0.227. The first-order valence-corrected chi connectivity index (χ1v) is 9.84. The number of nitrogens with one attached hydrogen (secondary N) is 1. The Kier molecular flexibility index (Phi) is 10.1. The van der Waals surface area contributed by atoms with Crippen LogP contribution in [0.15, 0.2) is 42.5 Å². The fourth-order valence-electron chi connectivity index (χ4n) is 2.77. The van der Waals surface area contributed by atoms with Crippen LogP contribution in [0.1, 0.15) is 21.6 Å². The maximum absolute atomic E-state index is 12.5. The number of benzene rings is 1. The average Bonchev–Trinajstić information content (AvgIpc) is 2.85. The predicted octanol–water partition coefficient (Wildman–Crippen LogP) is 3.43. The summed E-state index contributed by atoms with van der Waals surface area (Å²) in [5, 5.41) is 15.2. The highest BCUT2D eigenvalue weighted by molar-refractivity contribution is 8.02. The Bertz CT molecular complexity index is 963. The van der Waals surface area contributed by atoms with Gasteiger partial charge in [0.05, 0.1) is 0 Å². The molecule has 0 atom stereocenters. The Hall–Kier alpha value is -2.64. The quantitative estimate of drug-likeness (QED) is 0.390. The van der Waals surface area contributed by atoms with Gasteiger partial charge in [0.15, 0.2) is 6.29 Å².